The van der Waals surface area contributed by atoms with Gasteiger partial charge in [-0.05, 0) is 68.2 Å². The summed E-state index contributed by atoms with van der Waals surface area (Å²) in [5, 5.41) is 17.1. The van der Waals surface area contributed by atoms with E-state index >= 15 is 0 Å². The van der Waals surface area contributed by atoms with Gasteiger partial charge in [-0.1, -0.05) is 5.16 Å². The second-order valence-electron chi connectivity index (χ2n) is 13.0. The third kappa shape index (κ3) is 6.31. The molecule has 0 unspecified atom stereocenters. The SMILES string of the molecule is Cc1coc(C[C@]2(Cc3cnn4cc([C@@H](NC(=O)c5nonc5C5CC5)C5CCC(F)(F)CC5)nc4c3)C[C@@H](C(F)(F)F)NC2=O)n1. The van der Waals surface area contributed by atoms with Crippen LogP contribution in [0.15, 0.2) is 33.8 Å². The average molecular weight is 663 g/mol. The predicted molar refractivity (Wildman–Crippen MR) is 150 cm³/mol. The van der Waals surface area contributed by atoms with E-state index in [0.29, 0.717) is 28.3 Å². The maximum atomic E-state index is 14.1. The summed E-state index contributed by atoms with van der Waals surface area (Å²) in [6.45, 7) is 1.67. The van der Waals surface area contributed by atoms with Gasteiger partial charge in [0.25, 0.3) is 5.91 Å². The Morgan fingerprint density at radius 3 is 2.57 bits per heavy atom. The number of nitrogens with one attached hydrogen (secondary N) is 2. The van der Waals surface area contributed by atoms with Crippen LogP contribution in [0.1, 0.15) is 95.9 Å². The molecule has 0 aromatic carbocycles. The summed E-state index contributed by atoms with van der Waals surface area (Å²) >= 11 is 0. The number of aryl methyl sites for hydroxylation is 1. The molecule has 3 aliphatic rings. The van der Waals surface area contributed by atoms with Crippen molar-refractivity contribution in [3.63, 3.8) is 0 Å². The minimum absolute atomic E-state index is 0.0429. The molecule has 12 nitrogen and oxygen atoms in total. The van der Waals surface area contributed by atoms with Gasteiger partial charge < -0.3 is 15.1 Å². The summed E-state index contributed by atoms with van der Waals surface area (Å²) in [6.07, 6.45) is 0.230. The van der Waals surface area contributed by atoms with Crippen LogP contribution in [-0.4, -0.2) is 59.9 Å². The normalized spacial score (nSPS) is 24.0. The Morgan fingerprint density at radius 1 is 1.15 bits per heavy atom. The predicted octanol–water partition coefficient (Wildman–Crippen LogP) is 4.81. The molecular weight excluding hydrogens is 631 g/mol. The second-order valence-corrected chi connectivity index (χ2v) is 13.0. The number of alkyl halides is 5. The van der Waals surface area contributed by atoms with E-state index in [-0.39, 0.29) is 61.9 Å². The molecule has 0 bridgehead atoms. The number of carbonyl (C=O) groups excluding carboxylic acids is 2. The van der Waals surface area contributed by atoms with Crippen LogP contribution in [-0.2, 0) is 17.6 Å². The molecule has 2 aliphatic carbocycles. The summed E-state index contributed by atoms with van der Waals surface area (Å²) in [4.78, 5) is 35.5. The molecule has 5 heterocycles. The summed E-state index contributed by atoms with van der Waals surface area (Å²) in [5.41, 5.74) is 0.603. The van der Waals surface area contributed by atoms with Crippen molar-refractivity contribution in [1.82, 2.24) is 40.5 Å². The molecule has 2 saturated carbocycles. The number of amides is 2. The Kier molecular flexibility index (Phi) is 7.54. The number of halogens is 5. The van der Waals surface area contributed by atoms with E-state index in [0.717, 1.165) is 12.8 Å². The lowest BCUT2D eigenvalue weighted by Gasteiger charge is -2.33. The molecule has 4 aromatic heterocycles. The molecule has 1 aliphatic heterocycles. The molecule has 4 aromatic rings. The minimum Gasteiger partial charge on any atom is -0.449 e. The standard InChI is InChI=1S/C30H31F5N8O4/c1-15-14-46-22(37-15)11-28(10-20(30(33,34)35)39-27(28)45)9-16-8-21-38-19(13-43(21)36-12-16)23(18-4-6-29(31,32)7-5-18)40-26(44)25-24(17-2-3-17)41-47-42-25/h8,12-14,17-18,20,23H,2-7,9-11H2,1H3,(H,39,45)(H,40,44)/t20-,23-,28-/m0/s1. The Labute approximate surface area is 263 Å². The van der Waals surface area contributed by atoms with E-state index in [9.17, 15) is 31.5 Å². The van der Waals surface area contributed by atoms with Crippen LogP contribution in [0.3, 0.4) is 0 Å². The van der Waals surface area contributed by atoms with Gasteiger partial charge in [0.05, 0.1) is 35.2 Å². The van der Waals surface area contributed by atoms with Crippen molar-refractivity contribution in [2.24, 2.45) is 11.3 Å². The van der Waals surface area contributed by atoms with Gasteiger partial charge in [-0.3, -0.25) is 9.59 Å². The van der Waals surface area contributed by atoms with Gasteiger partial charge in [-0.25, -0.2) is 27.9 Å². The molecule has 2 N–H and O–H groups in total. The molecule has 2 amide bonds. The quantitative estimate of drug-likeness (QED) is 0.241. The van der Waals surface area contributed by atoms with Gasteiger partial charge in [-0.15, -0.1) is 0 Å². The Bertz CT molecular complexity index is 1800. The Balaban J connectivity index is 1.18. The summed E-state index contributed by atoms with van der Waals surface area (Å²) in [5.74, 6) is -4.29. The molecule has 47 heavy (non-hydrogen) atoms. The molecule has 7 rings (SSSR count). The molecular formula is C30H31F5N8O4. The van der Waals surface area contributed by atoms with Crippen LogP contribution in [0.2, 0.25) is 0 Å². The topological polar surface area (TPSA) is 153 Å². The largest absolute Gasteiger partial charge is 0.449 e. The summed E-state index contributed by atoms with van der Waals surface area (Å²) < 4.78 is 81.0. The zero-order valence-electron chi connectivity index (χ0n) is 25.2. The van der Waals surface area contributed by atoms with E-state index < -0.39 is 47.8 Å². The summed E-state index contributed by atoms with van der Waals surface area (Å²) in [6, 6.07) is -1.21. The van der Waals surface area contributed by atoms with Crippen LogP contribution >= 0.6 is 0 Å². The maximum absolute atomic E-state index is 14.1. The first-order chi connectivity index (χ1) is 22.3. The van der Waals surface area contributed by atoms with Crippen LogP contribution in [0.5, 0.6) is 0 Å². The molecule has 1 saturated heterocycles. The number of hydrogen-bond donors (Lipinski definition) is 2. The number of imidazole rings is 1. The van der Waals surface area contributed by atoms with E-state index in [1.807, 2.05) is 0 Å². The van der Waals surface area contributed by atoms with Crippen molar-refractivity contribution < 1.29 is 40.6 Å². The van der Waals surface area contributed by atoms with Gasteiger partial charge in [0, 0.05) is 25.2 Å². The number of nitrogens with zero attached hydrogens (tertiary/aromatic N) is 6. The van der Waals surface area contributed by atoms with Gasteiger partial charge in [0.1, 0.15) is 18.0 Å². The van der Waals surface area contributed by atoms with E-state index in [4.69, 9.17) is 9.05 Å². The molecule has 250 valence electrons. The molecule has 0 radical (unpaired) electrons. The van der Waals surface area contributed by atoms with Gasteiger partial charge in [0.2, 0.25) is 11.8 Å². The second kappa shape index (κ2) is 11.4. The maximum Gasteiger partial charge on any atom is 0.408 e. The highest BCUT2D eigenvalue weighted by Gasteiger charge is 2.56. The lowest BCUT2D eigenvalue weighted by atomic mass is 9.76. The van der Waals surface area contributed by atoms with E-state index in [1.165, 1.54) is 17.0 Å². The van der Waals surface area contributed by atoms with Crippen molar-refractivity contribution in [2.75, 3.05) is 0 Å². The Morgan fingerprint density at radius 2 is 1.91 bits per heavy atom. The molecule has 17 heteroatoms. The first kappa shape index (κ1) is 31.2. The minimum atomic E-state index is -4.64. The highest BCUT2D eigenvalue weighted by molar-refractivity contribution is 5.93. The first-order valence-corrected chi connectivity index (χ1v) is 15.4. The highest BCUT2D eigenvalue weighted by atomic mass is 19.4. The number of rotatable bonds is 9. The van der Waals surface area contributed by atoms with Crippen LogP contribution in [0.25, 0.3) is 5.65 Å². The fraction of sp³-hybridized carbons (Fsp3) is 0.567. The fourth-order valence-electron chi connectivity index (χ4n) is 6.77. The van der Waals surface area contributed by atoms with Gasteiger partial charge >= 0.3 is 6.18 Å². The third-order valence-electron chi connectivity index (χ3n) is 9.40. The summed E-state index contributed by atoms with van der Waals surface area (Å²) in [7, 11) is 0. The third-order valence-corrected chi connectivity index (χ3v) is 9.40. The molecule has 3 atom stereocenters. The van der Waals surface area contributed by atoms with Gasteiger partial charge in [0.15, 0.2) is 17.2 Å². The van der Waals surface area contributed by atoms with Crippen LogP contribution in [0.4, 0.5) is 22.0 Å². The molecule has 0 spiro atoms. The number of fused-ring (bicyclic) bond motifs is 1. The van der Waals surface area contributed by atoms with Crippen LogP contribution < -0.4 is 10.6 Å². The molecule has 3 fully saturated rings. The Hall–Kier alpha value is -4.44. The van der Waals surface area contributed by atoms with Crippen molar-refractivity contribution in [1.29, 1.82) is 0 Å². The average Bonchev–Trinajstić information content (AvgIpc) is 3.31. The fourth-order valence-corrected chi connectivity index (χ4v) is 6.77. The van der Waals surface area contributed by atoms with E-state index in [2.05, 4.69) is 36.0 Å². The smallest absolute Gasteiger partial charge is 0.408 e. The van der Waals surface area contributed by atoms with Crippen LogP contribution in [0, 0.1) is 18.3 Å². The number of oxazole rings is 1. The van der Waals surface area contributed by atoms with Crippen molar-refractivity contribution in [3.8, 4) is 0 Å². The van der Waals surface area contributed by atoms with Gasteiger partial charge in [-0.2, -0.15) is 18.3 Å². The van der Waals surface area contributed by atoms with Crippen molar-refractivity contribution >= 4 is 17.5 Å². The zero-order chi connectivity index (χ0) is 33.1. The number of hydrogen-bond acceptors (Lipinski definition) is 9. The zero-order valence-corrected chi connectivity index (χ0v) is 25.2. The lowest BCUT2D eigenvalue weighted by Crippen LogP contribution is -2.39. The van der Waals surface area contributed by atoms with Crippen molar-refractivity contribution in [3.05, 3.63) is 59.0 Å². The monoisotopic (exact) mass is 662 g/mol. The number of aromatic nitrogens is 6. The first-order valence-electron chi connectivity index (χ1n) is 15.4. The van der Waals surface area contributed by atoms with E-state index in [1.54, 1.807) is 19.2 Å². The van der Waals surface area contributed by atoms with Crippen molar-refractivity contribution in [2.45, 2.75) is 94.8 Å². The highest BCUT2D eigenvalue weighted by Crippen LogP contribution is 2.44. The lowest BCUT2D eigenvalue weighted by molar-refractivity contribution is -0.155. The number of carbonyl (C=O) groups is 2.